The van der Waals surface area contributed by atoms with Crippen LogP contribution in [-0.4, -0.2) is 60.3 Å². The SMILES string of the molecule is Cc1ccc(S(=O)(=O)n2cc3c4c2C(=O)C2=C(C4=NCC3)[C@]34C=CC(=O)[C@H](Cl)[C@@H]3OC[C@H](C4)N2)cc1. The van der Waals surface area contributed by atoms with E-state index in [1.807, 2.05) is 13.0 Å². The van der Waals surface area contributed by atoms with Crippen LogP contribution in [0.1, 0.15) is 33.6 Å². The molecule has 8 nitrogen and oxygen atoms in total. The fourth-order valence-electron chi connectivity index (χ4n) is 6.28. The predicted octanol–water partition coefficient (Wildman–Crippen LogP) is 2.32. The van der Waals surface area contributed by atoms with E-state index in [1.54, 1.807) is 30.5 Å². The summed E-state index contributed by atoms with van der Waals surface area (Å²) in [7, 11) is -4.03. The van der Waals surface area contributed by atoms with Crippen LogP contribution in [0.3, 0.4) is 0 Å². The number of nitrogens with one attached hydrogen (secondary N) is 1. The van der Waals surface area contributed by atoms with Crippen LogP contribution < -0.4 is 5.32 Å². The van der Waals surface area contributed by atoms with Gasteiger partial charge >= 0.3 is 0 Å². The summed E-state index contributed by atoms with van der Waals surface area (Å²) in [6.45, 7) is 2.63. The van der Waals surface area contributed by atoms with Crippen LogP contribution in [0, 0.1) is 12.3 Å². The Labute approximate surface area is 212 Å². The maximum Gasteiger partial charge on any atom is 0.268 e. The molecule has 1 aromatic carbocycles. The van der Waals surface area contributed by atoms with Crippen LogP contribution in [0.5, 0.6) is 0 Å². The van der Waals surface area contributed by atoms with Crippen molar-refractivity contribution in [2.24, 2.45) is 10.4 Å². The number of aromatic nitrogens is 1. The molecule has 36 heavy (non-hydrogen) atoms. The van der Waals surface area contributed by atoms with E-state index in [0.717, 1.165) is 15.1 Å². The number of carbonyl (C=O) groups excluding carboxylic acids is 2. The molecule has 2 bridgehead atoms. The summed E-state index contributed by atoms with van der Waals surface area (Å²) in [5, 5.41) is 2.43. The van der Waals surface area contributed by atoms with Gasteiger partial charge in [0.25, 0.3) is 10.0 Å². The van der Waals surface area contributed by atoms with Gasteiger partial charge in [0.05, 0.1) is 35.1 Å². The second-order valence-electron chi connectivity index (χ2n) is 10.0. The Hall–Kier alpha value is -3.01. The largest absolute Gasteiger partial charge is 0.376 e. The van der Waals surface area contributed by atoms with E-state index in [2.05, 4.69) is 5.32 Å². The number of ether oxygens (including phenoxy) is 1. The predicted molar refractivity (Wildman–Crippen MR) is 132 cm³/mol. The average Bonchev–Trinajstić information content (AvgIpc) is 3.27. The Bertz CT molecular complexity index is 1580. The molecule has 4 atom stereocenters. The molecule has 1 aromatic heterocycles. The Morgan fingerprint density at radius 1 is 1.22 bits per heavy atom. The normalized spacial score (nSPS) is 30.3. The number of aryl methyl sites for hydroxylation is 1. The fraction of sp³-hybridized carbons (Fsp3) is 0.346. The highest BCUT2D eigenvalue weighted by atomic mass is 35.5. The highest BCUT2D eigenvalue weighted by Gasteiger charge is 2.59. The van der Waals surface area contributed by atoms with Crippen LogP contribution in [0.25, 0.3) is 0 Å². The van der Waals surface area contributed by atoms with Crippen LogP contribution >= 0.6 is 11.6 Å². The minimum absolute atomic E-state index is 0.0994. The number of fused-ring (bicyclic) bond motifs is 2. The third kappa shape index (κ3) is 2.73. The number of ketones is 2. The molecule has 3 aliphatic heterocycles. The van der Waals surface area contributed by atoms with Gasteiger partial charge in [0.2, 0.25) is 5.78 Å². The first-order valence-corrected chi connectivity index (χ1v) is 13.8. The number of aliphatic imine (C=N–C) groups is 1. The molecular weight excluding hydrogens is 502 g/mol. The van der Waals surface area contributed by atoms with E-state index in [4.69, 9.17) is 21.3 Å². The molecule has 0 saturated carbocycles. The average molecular weight is 524 g/mol. The van der Waals surface area contributed by atoms with Crippen molar-refractivity contribution >= 4 is 38.9 Å². The van der Waals surface area contributed by atoms with E-state index < -0.39 is 32.7 Å². The zero-order valence-electron chi connectivity index (χ0n) is 19.3. The Kier molecular flexibility index (Phi) is 4.49. The quantitative estimate of drug-likeness (QED) is 0.605. The lowest BCUT2D eigenvalue weighted by atomic mass is 9.60. The molecule has 1 fully saturated rings. The lowest BCUT2D eigenvalue weighted by Crippen LogP contribution is -2.62. The number of carbonyl (C=O) groups is 2. The zero-order chi connectivity index (χ0) is 25.0. The molecule has 0 unspecified atom stereocenters. The molecule has 184 valence electrons. The smallest absolute Gasteiger partial charge is 0.268 e. The molecule has 1 N–H and O–H groups in total. The molecule has 1 saturated heterocycles. The molecule has 0 amide bonds. The van der Waals surface area contributed by atoms with Gasteiger partial charge < -0.3 is 10.1 Å². The second kappa shape index (κ2) is 7.27. The third-order valence-corrected chi connectivity index (χ3v) is 10.0. The number of allylic oxidation sites excluding steroid dienone is 2. The van der Waals surface area contributed by atoms with E-state index in [1.165, 1.54) is 6.08 Å². The van der Waals surface area contributed by atoms with Crippen molar-refractivity contribution in [3.8, 4) is 0 Å². The van der Waals surface area contributed by atoms with Gasteiger partial charge in [-0.1, -0.05) is 23.8 Å². The first kappa shape index (κ1) is 22.2. The van der Waals surface area contributed by atoms with E-state index >= 15 is 0 Å². The number of nitrogens with zero attached hydrogens (tertiary/aromatic N) is 2. The molecule has 4 heterocycles. The highest BCUT2D eigenvalue weighted by Crippen LogP contribution is 2.54. The molecule has 2 aromatic rings. The first-order chi connectivity index (χ1) is 17.2. The Morgan fingerprint density at radius 3 is 2.78 bits per heavy atom. The van der Waals surface area contributed by atoms with Gasteiger partial charge in [-0.2, -0.15) is 0 Å². The van der Waals surface area contributed by atoms with Crippen molar-refractivity contribution < 1.29 is 22.7 Å². The number of hydrogen-bond donors (Lipinski definition) is 1. The molecule has 5 aliphatic rings. The van der Waals surface area contributed by atoms with E-state index in [9.17, 15) is 18.0 Å². The van der Waals surface area contributed by atoms with Gasteiger partial charge in [0, 0.05) is 29.3 Å². The number of alkyl halides is 1. The topological polar surface area (TPSA) is 107 Å². The lowest BCUT2D eigenvalue weighted by Gasteiger charge is -2.54. The summed E-state index contributed by atoms with van der Waals surface area (Å²) >= 11 is 6.55. The Balaban J connectivity index is 1.47. The molecule has 10 heteroatoms. The lowest BCUT2D eigenvalue weighted by molar-refractivity contribution is -0.124. The molecule has 7 rings (SSSR count). The molecule has 1 spiro atoms. The number of rotatable bonds is 2. The molecule has 2 aliphatic carbocycles. The standard InChI is InChI=1S/C26H22ClN3O5S/c1-13-2-4-16(5-3-13)36(33,34)30-11-14-7-9-28-21-18(14)23(30)24(32)22-19(21)26-8-6-17(31)20(27)25(26)35-12-15(10-26)29-22/h2-6,8,11,15,20,25,29H,7,9-10,12H2,1H3/t15-,20-,25-,26+/m0/s1. The summed E-state index contributed by atoms with van der Waals surface area (Å²) in [6.07, 6.45) is 5.34. The van der Waals surface area contributed by atoms with Crippen molar-refractivity contribution in [1.82, 2.24) is 9.29 Å². The monoisotopic (exact) mass is 523 g/mol. The summed E-state index contributed by atoms with van der Waals surface area (Å²) in [4.78, 5) is 31.5. The summed E-state index contributed by atoms with van der Waals surface area (Å²) < 4.78 is 34.7. The number of Topliss-reactive ketones (excluding diaryl/α,β-unsaturated/α-hetero) is 1. The fourth-order valence-corrected chi connectivity index (χ4v) is 8.04. The van der Waals surface area contributed by atoms with Gasteiger partial charge in [-0.3, -0.25) is 14.6 Å². The van der Waals surface area contributed by atoms with Crippen molar-refractivity contribution in [2.75, 3.05) is 13.2 Å². The number of halogens is 1. The minimum atomic E-state index is -4.03. The van der Waals surface area contributed by atoms with Gasteiger partial charge in [-0.05, 0) is 43.5 Å². The van der Waals surface area contributed by atoms with Crippen molar-refractivity contribution in [1.29, 1.82) is 0 Å². The molecule has 0 radical (unpaired) electrons. The van der Waals surface area contributed by atoms with Crippen molar-refractivity contribution in [3.63, 3.8) is 0 Å². The Morgan fingerprint density at radius 2 is 2.00 bits per heavy atom. The van der Waals surface area contributed by atoms with E-state index in [0.29, 0.717) is 41.9 Å². The van der Waals surface area contributed by atoms with E-state index in [-0.39, 0.29) is 29.0 Å². The van der Waals surface area contributed by atoms with Crippen molar-refractivity contribution in [2.45, 2.75) is 42.2 Å². The number of hydrogen-bond acceptors (Lipinski definition) is 7. The van der Waals surface area contributed by atoms with Gasteiger partial charge in [0.1, 0.15) is 11.1 Å². The molecular formula is C26H22ClN3O5S. The van der Waals surface area contributed by atoms with Crippen molar-refractivity contribution in [3.05, 3.63) is 76.3 Å². The van der Waals surface area contributed by atoms with Crippen LogP contribution in [0.2, 0.25) is 0 Å². The summed E-state index contributed by atoms with van der Waals surface area (Å²) in [5.74, 6) is -0.625. The third-order valence-electron chi connectivity index (χ3n) is 7.91. The van der Waals surface area contributed by atoms with Gasteiger partial charge in [-0.25, -0.2) is 12.4 Å². The van der Waals surface area contributed by atoms with Crippen LogP contribution in [-0.2, 0) is 26.0 Å². The van der Waals surface area contributed by atoms with Gasteiger partial charge in [-0.15, -0.1) is 11.6 Å². The highest BCUT2D eigenvalue weighted by molar-refractivity contribution is 7.90. The summed E-state index contributed by atoms with van der Waals surface area (Å²) in [6, 6.07) is 6.39. The summed E-state index contributed by atoms with van der Waals surface area (Å²) in [5.41, 5.74) is 3.11. The van der Waals surface area contributed by atoms with Crippen LogP contribution in [0.4, 0.5) is 0 Å². The maximum atomic E-state index is 14.1. The van der Waals surface area contributed by atoms with Gasteiger partial charge in [0.15, 0.2) is 5.78 Å². The minimum Gasteiger partial charge on any atom is -0.376 e. The van der Waals surface area contributed by atoms with Crippen LogP contribution in [0.15, 0.2) is 63.8 Å². The first-order valence-electron chi connectivity index (χ1n) is 11.9. The second-order valence-corrected chi connectivity index (χ2v) is 12.3. The maximum absolute atomic E-state index is 14.1. The zero-order valence-corrected chi connectivity index (χ0v) is 20.9. The number of benzene rings is 1.